The van der Waals surface area contributed by atoms with Crippen LogP contribution in [0.2, 0.25) is 0 Å². The first-order valence-electron chi connectivity index (χ1n) is 8.00. The van der Waals surface area contributed by atoms with E-state index in [4.69, 9.17) is 0 Å². The van der Waals surface area contributed by atoms with Crippen molar-refractivity contribution in [2.75, 3.05) is 6.54 Å². The highest BCUT2D eigenvalue weighted by Gasteiger charge is 2.41. The molecule has 4 rings (SSSR count). The molecule has 2 atom stereocenters. The Bertz CT molecular complexity index is 656. The Morgan fingerprint density at radius 1 is 1.05 bits per heavy atom. The molecule has 1 saturated carbocycles. The molecule has 1 saturated heterocycles. The minimum absolute atomic E-state index is 0.245. The molecule has 1 N–H and O–H groups in total. The first-order valence-corrected chi connectivity index (χ1v) is 9.44. The third-order valence-electron chi connectivity index (χ3n) is 5.36. The molecular formula is C16H22N2O2S. The molecule has 0 amide bonds. The van der Waals surface area contributed by atoms with Crippen LogP contribution in [0.15, 0.2) is 23.1 Å². The number of nitrogens with one attached hydrogen (secondary N) is 1. The standard InChI is InChI=1S/C16H22N2O2S/c19-21(20,15-7-6-13-10-17-11-14(13)9-15)18-8-2-4-12-3-1-5-16(12)18/h6-7,9,12,16-17H,1-5,8,10-11H2. The molecule has 2 unspecified atom stereocenters. The van der Waals surface area contributed by atoms with Crippen molar-refractivity contribution >= 4 is 10.0 Å². The molecule has 2 fully saturated rings. The van der Waals surface area contributed by atoms with Gasteiger partial charge in [0.05, 0.1) is 4.90 Å². The molecule has 0 spiro atoms. The Labute approximate surface area is 126 Å². The van der Waals surface area contributed by atoms with Crippen molar-refractivity contribution in [3.05, 3.63) is 29.3 Å². The summed E-state index contributed by atoms with van der Waals surface area (Å²) in [6, 6.07) is 5.89. The Kier molecular flexibility index (Phi) is 3.32. The smallest absolute Gasteiger partial charge is 0.243 e. The Balaban J connectivity index is 1.69. The van der Waals surface area contributed by atoms with Gasteiger partial charge in [0.2, 0.25) is 10.0 Å². The van der Waals surface area contributed by atoms with Crippen LogP contribution in [0.1, 0.15) is 43.2 Å². The Morgan fingerprint density at radius 2 is 1.86 bits per heavy atom. The van der Waals surface area contributed by atoms with Crippen molar-refractivity contribution in [3.63, 3.8) is 0 Å². The predicted molar refractivity (Wildman–Crippen MR) is 81.2 cm³/mol. The zero-order valence-corrected chi connectivity index (χ0v) is 13.0. The van der Waals surface area contributed by atoms with Crippen LogP contribution in [0.25, 0.3) is 0 Å². The number of benzene rings is 1. The van der Waals surface area contributed by atoms with Gasteiger partial charge in [-0.15, -0.1) is 0 Å². The highest BCUT2D eigenvalue weighted by Crippen LogP contribution is 2.39. The molecule has 5 heteroatoms. The normalized spacial score (nSPS) is 29.3. The van der Waals surface area contributed by atoms with Gasteiger partial charge >= 0.3 is 0 Å². The lowest BCUT2D eigenvalue weighted by Crippen LogP contribution is -2.46. The number of hydrogen-bond acceptors (Lipinski definition) is 3. The molecule has 21 heavy (non-hydrogen) atoms. The van der Waals surface area contributed by atoms with Gasteiger partial charge in [0.1, 0.15) is 0 Å². The number of hydrogen-bond donors (Lipinski definition) is 1. The van der Waals surface area contributed by atoms with Crippen LogP contribution in [-0.4, -0.2) is 25.3 Å². The molecule has 2 aliphatic heterocycles. The van der Waals surface area contributed by atoms with Crippen LogP contribution in [-0.2, 0) is 23.1 Å². The molecule has 0 bridgehead atoms. The van der Waals surface area contributed by atoms with E-state index in [1.54, 1.807) is 10.4 Å². The number of piperidine rings is 1. The zero-order chi connectivity index (χ0) is 14.4. The van der Waals surface area contributed by atoms with Gasteiger partial charge in [-0.1, -0.05) is 12.5 Å². The maximum Gasteiger partial charge on any atom is 0.243 e. The van der Waals surface area contributed by atoms with Gasteiger partial charge in [-0.25, -0.2) is 8.42 Å². The van der Waals surface area contributed by atoms with E-state index in [9.17, 15) is 8.42 Å². The second kappa shape index (κ2) is 5.07. The molecule has 0 aromatic heterocycles. The van der Waals surface area contributed by atoms with E-state index in [-0.39, 0.29) is 6.04 Å². The third kappa shape index (κ3) is 2.22. The first kappa shape index (κ1) is 13.7. The summed E-state index contributed by atoms with van der Waals surface area (Å²) in [4.78, 5) is 0.484. The van der Waals surface area contributed by atoms with Gasteiger partial charge in [-0.3, -0.25) is 0 Å². The summed E-state index contributed by atoms with van der Waals surface area (Å²) in [5.41, 5.74) is 2.36. The van der Waals surface area contributed by atoms with E-state index in [1.165, 1.54) is 24.8 Å². The SMILES string of the molecule is O=S(=O)(c1ccc2c(c1)CNC2)N1CCCC2CCCC21. The summed E-state index contributed by atoms with van der Waals surface area (Å²) in [5.74, 6) is 0.588. The van der Waals surface area contributed by atoms with E-state index in [2.05, 4.69) is 5.32 Å². The lowest BCUT2D eigenvalue weighted by atomic mass is 9.94. The molecule has 4 nitrogen and oxygen atoms in total. The van der Waals surface area contributed by atoms with Crippen LogP contribution in [0.5, 0.6) is 0 Å². The summed E-state index contributed by atoms with van der Waals surface area (Å²) in [6.07, 6.45) is 5.62. The van der Waals surface area contributed by atoms with Crippen LogP contribution < -0.4 is 5.32 Å². The fourth-order valence-corrected chi connectivity index (χ4v) is 6.08. The van der Waals surface area contributed by atoms with Crippen molar-refractivity contribution in [1.29, 1.82) is 0 Å². The van der Waals surface area contributed by atoms with Gasteiger partial charge in [-0.05, 0) is 54.9 Å². The Hall–Kier alpha value is -0.910. The largest absolute Gasteiger partial charge is 0.309 e. The second-order valence-corrected chi connectivity index (χ2v) is 8.44. The predicted octanol–water partition coefficient (Wildman–Crippen LogP) is 2.24. The van der Waals surface area contributed by atoms with Crippen molar-refractivity contribution < 1.29 is 8.42 Å². The molecule has 1 aromatic carbocycles. The minimum Gasteiger partial charge on any atom is -0.309 e. The van der Waals surface area contributed by atoms with Gasteiger partial charge in [0, 0.05) is 25.7 Å². The molecule has 2 heterocycles. The molecule has 3 aliphatic rings. The summed E-state index contributed by atoms with van der Waals surface area (Å²) in [7, 11) is -3.33. The highest BCUT2D eigenvalue weighted by atomic mass is 32.2. The van der Waals surface area contributed by atoms with Crippen molar-refractivity contribution in [1.82, 2.24) is 9.62 Å². The highest BCUT2D eigenvalue weighted by molar-refractivity contribution is 7.89. The fraction of sp³-hybridized carbons (Fsp3) is 0.625. The van der Waals surface area contributed by atoms with Gasteiger partial charge in [0.25, 0.3) is 0 Å². The summed E-state index contributed by atoms with van der Waals surface area (Å²) >= 11 is 0. The lowest BCUT2D eigenvalue weighted by Gasteiger charge is -2.36. The van der Waals surface area contributed by atoms with E-state index >= 15 is 0 Å². The van der Waals surface area contributed by atoms with E-state index in [0.717, 1.165) is 31.5 Å². The van der Waals surface area contributed by atoms with Crippen molar-refractivity contribution in [2.24, 2.45) is 5.92 Å². The lowest BCUT2D eigenvalue weighted by molar-refractivity contribution is 0.202. The molecular weight excluding hydrogens is 284 g/mol. The molecule has 1 aromatic rings. The molecule has 114 valence electrons. The maximum absolute atomic E-state index is 13.0. The zero-order valence-electron chi connectivity index (χ0n) is 12.2. The second-order valence-electron chi connectivity index (χ2n) is 6.55. The van der Waals surface area contributed by atoms with E-state index < -0.39 is 10.0 Å². The average molecular weight is 306 g/mol. The van der Waals surface area contributed by atoms with Crippen molar-refractivity contribution in [2.45, 2.75) is 56.1 Å². The molecule has 1 aliphatic carbocycles. The number of fused-ring (bicyclic) bond motifs is 2. The van der Waals surface area contributed by atoms with Crippen LogP contribution >= 0.6 is 0 Å². The quantitative estimate of drug-likeness (QED) is 0.911. The molecule has 0 radical (unpaired) electrons. The van der Waals surface area contributed by atoms with Gasteiger partial charge in [-0.2, -0.15) is 4.31 Å². The number of nitrogens with zero attached hydrogens (tertiary/aromatic N) is 1. The summed E-state index contributed by atoms with van der Waals surface area (Å²) in [5, 5.41) is 3.27. The topological polar surface area (TPSA) is 49.4 Å². The summed E-state index contributed by atoms with van der Waals surface area (Å²) in [6.45, 7) is 2.33. The number of sulfonamides is 1. The minimum atomic E-state index is -3.33. The third-order valence-corrected chi connectivity index (χ3v) is 7.28. The maximum atomic E-state index is 13.0. The van der Waals surface area contributed by atoms with Crippen LogP contribution in [0.4, 0.5) is 0 Å². The van der Waals surface area contributed by atoms with Gasteiger partial charge < -0.3 is 5.32 Å². The van der Waals surface area contributed by atoms with Crippen LogP contribution in [0, 0.1) is 5.92 Å². The number of rotatable bonds is 2. The first-order chi connectivity index (χ1) is 10.2. The van der Waals surface area contributed by atoms with Crippen molar-refractivity contribution in [3.8, 4) is 0 Å². The van der Waals surface area contributed by atoms with E-state index in [1.807, 2.05) is 12.1 Å². The Morgan fingerprint density at radius 3 is 2.76 bits per heavy atom. The monoisotopic (exact) mass is 306 g/mol. The summed E-state index contributed by atoms with van der Waals surface area (Å²) < 4.78 is 27.9. The average Bonchev–Trinajstić information content (AvgIpc) is 3.14. The van der Waals surface area contributed by atoms with Gasteiger partial charge in [0.15, 0.2) is 0 Å². The fourth-order valence-electron chi connectivity index (χ4n) is 4.27. The van der Waals surface area contributed by atoms with E-state index in [0.29, 0.717) is 17.4 Å². The van der Waals surface area contributed by atoms with Crippen LogP contribution in [0.3, 0.4) is 0 Å².